The first-order chi connectivity index (χ1) is 11.9. The molecule has 0 unspecified atom stereocenters. The molecule has 4 rings (SSSR count). The Labute approximate surface area is 146 Å². The highest BCUT2D eigenvalue weighted by atomic mass is 16.5. The maximum Gasteiger partial charge on any atom is 0.313 e. The zero-order valence-electron chi connectivity index (χ0n) is 14.7. The molecule has 4 aromatic carbocycles. The molecular formula is C22H21NO2. The van der Waals surface area contributed by atoms with Crippen LogP contribution in [0.3, 0.4) is 0 Å². The first-order valence-electron chi connectivity index (χ1n) is 8.45. The smallest absolute Gasteiger partial charge is 0.313 e. The van der Waals surface area contributed by atoms with Crippen LogP contribution < -0.4 is 5.73 Å². The molecule has 0 aliphatic heterocycles. The van der Waals surface area contributed by atoms with Crippen LogP contribution in [0.15, 0.2) is 54.6 Å². The van der Waals surface area contributed by atoms with Gasteiger partial charge in [0.2, 0.25) is 0 Å². The molecule has 3 nitrogen and oxygen atoms in total. The van der Waals surface area contributed by atoms with Gasteiger partial charge in [0.1, 0.15) is 0 Å². The number of nitrogens with two attached hydrogens (primary N) is 1. The number of carbonyl (C=O) groups is 1. The summed E-state index contributed by atoms with van der Waals surface area (Å²) in [4.78, 5) is 12.2. The molecule has 0 aliphatic carbocycles. The number of esters is 1. The first-order valence-corrected chi connectivity index (χ1v) is 8.45. The third kappa shape index (κ3) is 2.19. The van der Waals surface area contributed by atoms with Crippen molar-refractivity contribution in [3.8, 4) is 0 Å². The number of benzene rings is 4. The molecule has 0 heterocycles. The van der Waals surface area contributed by atoms with Crippen LogP contribution in [0.2, 0.25) is 0 Å². The van der Waals surface area contributed by atoms with E-state index in [0.29, 0.717) is 0 Å². The molecule has 0 aliphatic rings. The Hall–Kier alpha value is -2.65. The van der Waals surface area contributed by atoms with Gasteiger partial charge in [-0.2, -0.15) is 0 Å². The van der Waals surface area contributed by atoms with Crippen LogP contribution in [0, 0.1) is 5.41 Å². The van der Waals surface area contributed by atoms with Gasteiger partial charge in [-0.15, -0.1) is 0 Å². The maximum absolute atomic E-state index is 12.2. The van der Waals surface area contributed by atoms with Crippen LogP contribution >= 0.6 is 0 Å². The summed E-state index contributed by atoms with van der Waals surface area (Å²) in [6, 6.07) is 18.6. The molecule has 2 N–H and O–H groups in total. The minimum atomic E-state index is -0.808. The van der Waals surface area contributed by atoms with Crippen molar-refractivity contribution in [2.24, 2.45) is 11.1 Å². The second-order valence-electron chi connectivity index (χ2n) is 7.20. The fourth-order valence-corrected chi connectivity index (χ4v) is 3.81. The monoisotopic (exact) mass is 331 g/mol. The molecule has 0 saturated heterocycles. The average Bonchev–Trinajstić information content (AvgIpc) is 2.64. The van der Waals surface area contributed by atoms with E-state index >= 15 is 0 Å². The Bertz CT molecular complexity index is 1080. The highest BCUT2D eigenvalue weighted by Gasteiger charge is 2.37. The number of hydrogen-bond donors (Lipinski definition) is 1. The van der Waals surface area contributed by atoms with Gasteiger partial charge < -0.3 is 10.5 Å². The third-order valence-electron chi connectivity index (χ3n) is 5.39. The van der Waals surface area contributed by atoms with Crippen molar-refractivity contribution in [1.29, 1.82) is 0 Å². The van der Waals surface area contributed by atoms with Crippen molar-refractivity contribution >= 4 is 38.3 Å². The van der Waals surface area contributed by atoms with Crippen LogP contribution in [0.25, 0.3) is 32.3 Å². The van der Waals surface area contributed by atoms with E-state index in [4.69, 9.17) is 10.5 Å². The van der Waals surface area contributed by atoms with E-state index in [-0.39, 0.29) is 5.97 Å². The Morgan fingerprint density at radius 2 is 1.48 bits per heavy atom. The molecule has 0 fully saturated rings. The largest absolute Gasteiger partial charge is 0.469 e. The number of hydrogen-bond acceptors (Lipinski definition) is 3. The Morgan fingerprint density at radius 1 is 0.920 bits per heavy atom. The maximum atomic E-state index is 12.2. The summed E-state index contributed by atoms with van der Waals surface area (Å²) in [6.07, 6.45) is 0. The number of methoxy groups -OCH3 is 1. The van der Waals surface area contributed by atoms with Crippen molar-refractivity contribution in [3.05, 3.63) is 60.2 Å². The Kier molecular flexibility index (Phi) is 3.44. The lowest BCUT2D eigenvalue weighted by Gasteiger charge is -2.30. The fraction of sp³-hybridized carbons (Fsp3) is 0.227. The SMILES string of the molecule is COC(=O)C(C)(C)[C@H](N)c1ccc2ccc3cccc4ccc1c2c34. The van der Waals surface area contributed by atoms with Crippen LogP contribution in [0.1, 0.15) is 25.5 Å². The Balaban J connectivity index is 2.04. The fourth-order valence-electron chi connectivity index (χ4n) is 3.81. The highest BCUT2D eigenvalue weighted by Crippen LogP contribution is 2.41. The van der Waals surface area contributed by atoms with Crippen molar-refractivity contribution in [1.82, 2.24) is 0 Å². The van der Waals surface area contributed by atoms with Gasteiger partial charge in [-0.25, -0.2) is 0 Å². The van der Waals surface area contributed by atoms with Crippen LogP contribution in [-0.2, 0) is 9.53 Å². The van der Waals surface area contributed by atoms with Gasteiger partial charge in [-0.1, -0.05) is 54.6 Å². The topological polar surface area (TPSA) is 52.3 Å². The van der Waals surface area contributed by atoms with E-state index in [2.05, 4.69) is 48.5 Å². The summed E-state index contributed by atoms with van der Waals surface area (Å²) < 4.78 is 4.96. The molecule has 0 bridgehead atoms. The van der Waals surface area contributed by atoms with Crippen molar-refractivity contribution < 1.29 is 9.53 Å². The quantitative estimate of drug-likeness (QED) is 0.434. The lowest BCUT2D eigenvalue weighted by molar-refractivity contribution is -0.152. The van der Waals surface area contributed by atoms with Gasteiger partial charge in [0.15, 0.2) is 0 Å². The molecule has 25 heavy (non-hydrogen) atoms. The lowest BCUT2D eigenvalue weighted by Crippen LogP contribution is -2.37. The molecule has 0 amide bonds. The predicted octanol–water partition coefficient (Wildman–Crippen LogP) is 4.78. The van der Waals surface area contributed by atoms with Crippen LogP contribution in [-0.4, -0.2) is 13.1 Å². The van der Waals surface area contributed by atoms with Crippen molar-refractivity contribution in [2.75, 3.05) is 7.11 Å². The summed E-state index contributed by atoms with van der Waals surface area (Å²) in [6.45, 7) is 3.67. The number of ether oxygens (including phenoxy) is 1. The molecule has 126 valence electrons. The average molecular weight is 331 g/mol. The van der Waals surface area contributed by atoms with Crippen LogP contribution in [0.5, 0.6) is 0 Å². The molecular weight excluding hydrogens is 310 g/mol. The molecule has 3 heteroatoms. The molecule has 0 radical (unpaired) electrons. The molecule has 0 spiro atoms. The summed E-state index contributed by atoms with van der Waals surface area (Å²) >= 11 is 0. The van der Waals surface area contributed by atoms with Gasteiger partial charge in [0.25, 0.3) is 0 Å². The summed E-state index contributed by atoms with van der Waals surface area (Å²) in [5, 5.41) is 7.19. The lowest BCUT2D eigenvalue weighted by atomic mass is 9.78. The van der Waals surface area contributed by atoms with E-state index in [1.807, 2.05) is 19.9 Å². The van der Waals surface area contributed by atoms with Gasteiger partial charge in [0.05, 0.1) is 12.5 Å². The highest BCUT2D eigenvalue weighted by molar-refractivity contribution is 6.23. The Morgan fingerprint density at radius 3 is 2.12 bits per heavy atom. The molecule has 4 aromatic rings. The zero-order chi connectivity index (χ0) is 17.8. The second kappa shape index (κ2) is 5.43. The molecule has 0 saturated carbocycles. The van der Waals surface area contributed by atoms with Gasteiger partial charge in [0, 0.05) is 6.04 Å². The summed E-state index contributed by atoms with van der Waals surface area (Å²) in [7, 11) is 1.40. The minimum absolute atomic E-state index is 0.300. The van der Waals surface area contributed by atoms with Gasteiger partial charge in [-0.05, 0) is 51.7 Å². The minimum Gasteiger partial charge on any atom is -0.469 e. The van der Waals surface area contributed by atoms with E-state index in [0.717, 1.165) is 10.9 Å². The van der Waals surface area contributed by atoms with E-state index in [1.165, 1.54) is 34.0 Å². The first kappa shape index (κ1) is 15.9. The van der Waals surface area contributed by atoms with Crippen molar-refractivity contribution in [2.45, 2.75) is 19.9 Å². The number of rotatable bonds is 3. The normalized spacial score (nSPS) is 13.6. The summed E-state index contributed by atoms with van der Waals surface area (Å²) in [5.74, 6) is -0.300. The van der Waals surface area contributed by atoms with Gasteiger partial charge >= 0.3 is 5.97 Å². The standard InChI is InChI=1S/C22H21NO2/c1-22(2,21(24)25-3)20(23)17-12-10-15-8-7-13-5-4-6-14-9-11-16(17)19(15)18(13)14/h4-12,20H,23H2,1-3H3/t20-/m1/s1. The van der Waals surface area contributed by atoms with E-state index in [1.54, 1.807) is 0 Å². The third-order valence-corrected chi connectivity index (χ3v) is 5.39. The molecule has 0 aromatic heterocycles. The van der Waals surface area contributed by atoms with Crippen molar-refractivity contribution in [3.63, 3.8) is 0 Å². The molecule has 1 atom stereocenters. The zero-order valence-corrected chi connectivity index (χ0v) is 14.7. The van der Waals surface area contributed by atoms with E-state index in [9.17, 15) is 4.79 Å². The van der Waals surface area contributed by atoms with Crippen LogP contribution in [0.4, 0.5) is 0 Å². The summed E-state index contributed by atoms with van der Waals surface area (Å²) in [5.41, 5.74) is 6.71. The second-order valence-corrected chi connectivity index (χ2v) is 7.20. The number of carbonyl (C=O) groups excluding carboxylic acids is 1. The van der Waals surface area contributed by atoms with E-state index < -0.39 is 11.5 Å². The van der Waals surface area contributed by atoms with Gasteiger partial charge in [-0.3, -0.25) is 4.79 Å². The predicted molar refractivity (Wildman–Crippen MR) is 103 cm³/mol.